The fourth-order valence-electron chi connectivity index (χ4n) is 3.14. The van der Waals surface area contributed by atoms with Crippen molar-refractivity contribution in [1.82, 2.24) is 9.80 Å². The summed E-state index contributed by atoms with van der Waals surface area (Å²) in [4.78, 5) is 16.2. The lowest BCUT2D eigenvalue weighted by Crippen LogP contribution is -2.48. The zero-order chi connectivity index (χ0) is 13.2. The minimum atomic E-state index is 0.327. The van der Waals surface area contributed by atoms with Crippen LogP contribution in [0.1, 0.15) is 31.4 Å². The van der Waals surface area contributed by atoms with E-state index in [0.29, 0.717) is 17.2 Å². The number of piperidine rings is 1. The summed E-state index contributed by atoms with van der Waals surface area (Å²) >= 11 is 5.79. The van der Waals surface area contributed by atoms with Gasteiger partial charge >= 0.3 is 0 Å². The molecular formula is C14H19ClN2O2. The summed E-state index contributed by atoms with van der Waals surface area (Å²) in [6.45, 7) is 3.73. The van der Waals surface area contributed by atoms with Crippen molar-refractivity contribution >= 4 is 17.5 Å². The molecule has 3 rings (SSSR count). The predicted octanol–water partition coefficient (Wildman–Crippen LogP) is 2.52. The molecule has 3 heterocycles. The number of carbonyl (C=O) groups is 1. The van der Waals surface area contributed by atoms with Gasteiger partial charge in [-0.15, -0.1) is 0 Å². The van der Waals surface area contributed by atoms with E-state index in [1.165, 1.54) is 0 Å². The topological polar surface area (TPSA) is 36.7 Å². The van der Waals surface area contributed by atoms with Gasteiger partial charge in [0.05, 0.1) is 6.54 Å². The first-order valence-electron chi connectivity index (χ1n) is 6.98. The van der Waals surface area contributed by atoms with Gasteiger partial charge in [0.1, 0.15) is 5.76 Å². The van der Waals surface area contributed by atoms with E-state index >= 15 is 0 Å². The molecule has 1 amide bonds. The molecule has 4 nitrogen and oxygen atoms in total. The van der Waals surface area contributed by atoms with Gasteiger partial charge in [-0.1, -0.05) is 0 Å². The number of furan rings is 1. The van der Waals surface area contributed by atoms with Gasteiger partial charge in [-0.2, -0.15) is 0 Å². The average molecular weight is 283 g/mol. The number of nitrogens with zero attached hydrogens (tertiary/aromatic N) is 2. The summed E-state index contributed by atoms with van der Waals surface area (Å²) in [7, 11) is 0. The van der Waals surface area contributed by atoms with Crippen molar-refractivity contribution in [3.63, 3.8) is 0 Å². The maximum absolute atomic E-state index is 11.8. The molecule has 0 aliphatic carbocycles. The predicted molar refractivity (Wildman–Crippen MR) is 73.0 cm³/mol. The summed E-state index contributed by atoms with van der Waals surface area (Å²) in [5.41, 5.74) is 0. The normalized spacial score (nSPS) is 25.2. The Morgan fingerprint density at radius 2 is 2.21 bits per heavy atom. The van der Waals surface area contributed by atoms with Gasteiger partial charge in [-0.25, -0.2) is 0 Å². The van der Waals surface area contributed by atoms with E-state index in [0.717, 1.165) is 57.6 Å². The Balaban J connectivity index is 1.60. The van der Waals surface area contributed by atoms with E-state index in [4.69, 9.17) is 16.0 Å². The monoisotopic (exact) mass is 282 g/mol. The fraction of sp³-hybridized carbons (Fsp3) is 0.643. The lowest BCUT2D eigenvalue weighted by molar-refractivity contribution is -0.130. The van der Waals surface area contributed by atoms with Crippen molar-refractivity contribution in [3.05, 3.63) is 23.1 Å². The van der Waals surface area contributed by atoms with Crippen LogP contribution in [0.3, 0.4) is 0 Å². The van der Waals surface area contributed by atoms with Crippen molar-refractivity contribution in [2.45, 2.75) is 38.3 Å². The zero-order valence-corrected chi connectivity index (χ0v) is 11.7. The number of likely N-dealkylation sites (tertiary alicyclic amines) is 2. The standard InChI is InChI=1S/C14H19ClN2O2/c15-13-6-5-12(19-13)10-16-7-1-3-11(9-16)17-8-2-4-14(17)18/h5-6,11H,1-4,7-10H2/t11-/m0/s1. The summed E-state index contributed by atoms with van der Waals surface area (Å²) in [5, 5.41) is 0.443. The molecular weight excluding hydrogens is 264 g/mol. The summed E-state index contributed by atoms with van der Waals surface area (Å²) < 4.78 is 5.41. The minimum absolute atomic E-state index is 0.327. The Morgan fingerprint density at radius 1 is 1.32 bits per heavy atom. The van der Waals surface area contributed by atoms with Crippen LogP contribution in [0.2, 0.25) is 5.22 Å². The third-order valence-corrected chi connectivity index (χ3v) is 4.24. The highest BCUT2D eigenvalue weighted by Gasteiger charge is 2.31. The number of halogens is 1. The van der Waals surface area contributed by atoms with Crippen LogP contribution in [0.15, 0.2) is 16.5 Å². The van der Waals surface area contributed by atoms with Gasteiger partial charge < -0.3 is 9.32 Å². The first kappa shape index (κ1) is 13.0. The molecule has 1 aromatic rings. The Kier molecular flexibility index (Phi) is 3.80. The molecule has 5 heteroatoms. The van der Waals surface area contributed by atoms with Crippen LogP contribution < -0.4 is 0 Å². The Hall–Kier alpha value is -1.00. The molecule has 0 spiro atoms. The highest BCUT2D eigenvalue weighted by Crippen LogP contribution is 2.23. The molecule has 2 aliphatic rings. The number of carbonyl (C=O) groups excluding carboxylic acids is 1. The summed E-state index contributed by atoms with van der Waals surface area (Å²) in [6, 6.07) is 4.09. The second-order valence-electron chi connectivity index (χ2n) is 5.43. The molecule has 0 saturated carbocycles. The third-order valence-electron chi connectivity index (χ3n) is 4.04. The van der Waals surface area contributed by atoms with Crippen LogP contribution in [0, 0.1) is 0 Å². The van der Waals surface area contributed by atoms with Crippen molar-refractivity contribution in [3.8, 4) is 0 Å². The van der Waals surface area contributed by atoms with Gasteiger partial charge in [0.2, 0.25) is 5.91 Å². The van der Waals surface area contributed by atoms with Gasteiger partial charge in [0.25, 0.3) is 0 Å². The maximum Gasteiger partial charge on any atom is 0.222 e. The van der Waals surface area contributed by atoms with E-state index in [9.17, 15) is 4.79 Å². The second kappa shape index (κ2) is 5.55. The van der Waals surface area contributed by atoms with Gasteiger partial charge in [-0.05, 0) is 49.5 Å². The molecule has 2 fully saturated rings. The first-order chi connectivity index (χ1) is 9.22. The Bertz CT molecular complexity index is 460. The smallest absolute Gasteiger partial charge is 0.222 e. The molecule has 104 valence electrons. The number of hydrogen-bond acceptors (Lipinski definition) is 3. The van der Waals surface area contributed by atoms with Gasteiger partial charge in [0, 0.05) is 25.6 Å². The average Bonchev–Trinajstić information content (AvgIpc) is 2.99. The molecule has 19 heavy (non-hydrogen) atoms. The molecule has 2 aliphatic heterocycles. The lowest BCUT2D eigenvalue weighted by Gasteiger charge is -2.37. The van der Waals surface area contributed by atoms with Crippen LogP contribution in [-0.2, 0) is 11.3 Å². The molecule has 0 radical (unpaired) electrons. The van der Waals surface area contributed by atoms with Crippen LogP contribution >= 0.6 is 11.6 Å². The Morgan fingerprint density at radius 3 is 2.89 bits per heavy atom. The number of rotatable bonds is 3. The largest absolute Gasteiger partial charge is 0.448 e. The van der Waals surface area contributed by atoms with Crippen LogP contribution in [-0.4, -0.2) is 41.4 Å². The van der Waals surface area contributed by atoms with Gasteiger partial charge in [-0.3, -0.25) is 9.69 Å². The lowest BCUT2D eigenvalue weighted by atomic mass is 10.0. The maximum atomic E-state index is 11.8. The highest BCUT2D eigenvalue weighted by molar-refractivity contribution is 6.28. The molecule has 1 aromatic heterocycles. The van der Waals surface area contributed by atoms with Crippen LogP contribution in [0.25, 0.3) is 0 Å². The van der Waals surface area contributed by atoms with Gasteiger partial charge in [0.15, 0.2) is 5.22 Å². The highest BCUT2D eigenvalue weighted by atomic mass is 35.5. The number of amides is 1. The quantitative estimate of drug-likeness (QED) is 0.855. The molecule has 2 saturated heterocycles. The van der Waals surface area contributed by atoms with Crippen molar-refractivity contribution in [2.75, 3.05) is 19.6 Å². The van der Waals surface area contributed by atoms with Crippen molar-refractivity contribution in [2.24, 2.45) is 0 Å². The fourth-order valence-corrected chi connectivity index (χ4v) is 3.30. The third kappa shape index (κ3) is 2.95. The SMILES string of the molecule is O=C1CCCN1[C@H]1CCCN(Cc2ccc(Cl)o2)C1. The van der Waals surface area contributed by atoms with Crippen LogP contribution in [0.4, 0.5) is 0 Å². The zero-order valence-electron chi connectivity index (χ0n) is 11.0. The number of hydrogen-bond donors (Lipinski definition) is 0. The van der Waals surface area contributed by atoms with Crippen molar-refractivity contribution < 1.29 is 9.21 Å². The van der Waals surface area contributed by atoms with Crippen LogP contribution in [0.5, 0.6) is 0 Å². The summed E-state index contributed by atoms with van der Waals surface area (Å²) in [6.07, 6.45) is 4.01. The molecule has 1 atom stereocenters. The van der Waals surface area contributed by atoms with E-state index in [1.807, 2.05) is 6.07 Å². The van der Waals surface area contributed by atoms with Crippen molar-refractivity contribution in [1.29, 1.82) is 0 Å². The first-order valence-corrected chi connectivity index (χ1v) is 7.36. The Labute approximate surface area is 118 Å². The molecule has 0 N–H and O–H groups in total. The second-order valence-corrected chi connectivity index (χ2v) is 5.80. The van der Waals surface area contributed by atoms with E-state index in [-0.39, 0.29) is 0 Å². The molecule has 0 unspecified atom stereocenters. The summed E-state index contributed by atoms with van der Waals surface area (Å²) in [5.74, 6) is 1.23. The molecule has 0 aromatic carbocycles. The van der Waals surface area contributed by atoms with E-state index < -0.39 is 0 Å². The van der Waals surface area contributed by atoms with E-state index in [2.05, 4.69) is 9.80 Å². The van der Waals surface area contributed by atoms with E-state index in [1.54, 1.807) is 6.07 Å². The minimum Gasteiger partial charge on any atom is -0.448 e. The molecule has 0 bridgehead atoms.